The first-order valence-electron chi connectivity index (χ1n) is 11.7. The molecule has 27 heavy (non-hydrogen) atoms. The van der Waals surface area contributed by atoms with Crippen LogP contribution in [0.15, 0.2) is 12.2 Å². The van der Waals surface area contributed by atoms with Gasteiger partial charge in [0.15, 0.2) is 0 Å². The van der Waals surface area contributed by atoms with Crippen LogP contribution in [0.2, 0.25) is 0 Å². The highest BCUT2D eigenvalue weighted by molar-refractivity contribution is 5.86. The van der Waals surface area contributed by atoms with Gasteiger partial charge in [-0.1, -0.05) is 117 Å². The third-order valence-electron chi connectivity index (χ3n) is 5.15. The molecule has 0 heterocycles. The summed E-state index contributed by atoms with van der Waals surface area (Å²) in [6.45, 7) is 12.9. The molecule has 0 amide bonds. The lowest BCUT2D eigenvalue weighted by molar-refractivity contribution is -0.139. The second-order valence-corrected chi connectivity index (χ2v) is 9.53. The standard InChI is InChI=1S/C25H48O2/c1-23(2)24(26)27-22-20-18-16-14-12-10-8-6-7-9-11-13-15-17-19-21-25(3,4)5/h1,6-22H2,2-5H3. The molecule has 0 bridgehead atoms. The molecule has 0 aliphatic carbocycles. The van der Waals surface area contributed by atoms with Crippen molar-refractivity contribution < 1.29 is 9.53 Å². The van der Waals surface area contributed by atoms with Crippen LogP contribution >= 0.6 is 0 Å². The highest BCUT2D eigenvalue weighted by atomic mass is 16.5. The largest absolute Gasteiger partial charge is 0.462 e. The number of unbranched alkanes of at least 4 members (excludes halogenated alkanes) is 14. The van der Waals surface area contributed by atoms with E-state index in [1.54, 1.807) is 6.92 Å². The van der Waals surface area contributed by atoms with Gasteiger partial charge in [0.05, 0.1) is 6.61 Å². The van der Waals surface area contributed by atoms with E-state index < -0.39 is 0 Å². The van der Waals surface area contributed by atoms with Crippen LogP contribution in [0, 0.1) is 5.41 Å². The number of carbonyl (C=O) groups is 1. The third kappa shape index (κ3) is 21.4. The quantitative estimate of drug-likeness (QED) is 0.135. The van der Waals surface area contributed by atoms with Crippen LogP contribution in [-0.2, 0) is 9.53 Å². The molecule has 0 N–H and O–H groups in total. The lowest BCUT2D eigenvalue weighted by atomic mass is 9.89. The zero-order chi connectivity index (χ0) is 20.4. The second-order valence-electron chi connectivity index (χ2n) is 9.53. The number of hydrogen-bond donors (Lipinski definition) is 0. The summed E-state index contributed by atoms with van der Waals surface area (Å²) in [5.74, 6) is -0.254. The van der Waals surface area contributed by atoms with Crippen LogP contribution in [0.1, 0.15) is 130 Å². The van der Waals surface area contributed by atoms with E-state index in [0.717, 1.165) is 6.42 Å². The summed E-state index contributed by atoms with van der Waals surface area (Å²) < 4.78 is 5.10. The number of hydrogen-bond acceptors (Lipinski definition) is 2. The summed E-state index contributed by atoms with van der Waals surface area (Å²) in [4.78, 5) is 11.2. The molecule has 0 rings (SSSR count). The second kappa shape index (κ2) is 17.3. The van der Waals surface area contributed by atoms with Crippen LogP contribution in [0.4, 0.5) is 0 Å². The van der Waals surface area contributed by atoms with Crippen LogP contribution < -0.4 is 0 Å². The summed E-state index contributed by atoms with van der Waals surface area (Å²) in [5.41, 5.74) is 1.01. The van der Waals surface area contributed by atoms with Crippen molar-refractivity contribution in [1.29, 1.82) is 0 Å². The van der Waals surface area contributed by atoms with E-state index in [4.69, 9.17) is 4.74 Å². The van der Waals surface area contributed by atoms with Gasteiger partial charge in [0, 0.05) is 5.57 Å². The Labute approximate surface area is 170 Å². The molecule has 0 saturated carbocycles. The highest BCUT2D eigenvalue weighted by Crippen LogP contribution is 2.22. The van der Waals surface area contributed by atoms with Crippen LogP contribution in [0.3, 0.4) is 0 Å². The van der Waals surface area contributed by atoms with Crippen LogP contribution in [0.5, 0.6) is 0 Å². The Kier molecular flexibility index (Phi) is 16.8. The smallest absolute Gasteiger partial charge is 0.333 e. The van der Waals surface area contributed by atoms with E-state index in [-0.39, 0.29) is 5.97 Å². The summed E-state index contributed by atoms with van der Waals surface area (Å²) in [5, 5.41) is 0. The zero-order valence-electron chi connectivity index (χ0n) is 19.0. The molecule has 0 unspecified atom stereocenters. The molecule has 0 aliphatic heterocycles. The van der Waals surface area contributed by atoms with Gasteiger partial charge in [-0.2, -0.15) is 0 Å². The molecular formula is C25H48O2. The fourth-order valence-corrected chi connectivity index (χ4v) is 3.34. The summed E-state index contributed by atoms with van der Waals surface area (Å²) in [7, 11) is 0. The minimum absolute atomic E-state index is 0.254. The molecule has 0 radical (unpaired) electrons. The molecule has 0 aromatic rings. The molecular weight excluding hydrogens is 332 g/mol. The van der Waals surface area contributed by atoms with Crippen molar-refractivity contribution in [3.05, 3.63) is 12.2 Å². The molecule has 2 heteroatoms. The maximum Gasteiger partial charge on any atom is 0.333 e. The number of carbonyl (C=O) groups excluding carboxylic acids is 1. The fourth-order valence-electron chi connectivity index (χ4n) is 3.34. The Morgan fingerprint density at radius 1 is 0.667 bits per heavy atom. The van der Waals surface area contributed by atoms with Crippen molar-refractivity contribution in [3.8, 4) is 0 Å². The van der Waals surface area contributed by atoms with Crippen LogP contribution in [0.25, 0.3) is 0 Å². The maximum absolute atomic E-state index is 11.2. The Hall–Kier alpha value is -0.790. The van der Waals surface area contributed by atoms with E-state index in [2.05, 4.69) is 27.4 Å². The van der Waals surface area contributed by atoms with Crippen molar-refractivity contribution in [2.24, 2.45) is 5.41 Å². The van der Waals surface area contributed by atoms with E-state index in [0.29, 0.717) is 17.6 Å². The monoisotopic (exact) mass is 380 g/mol. The van der Waals surface area contributed by atoms with Gasteiger partial charge < -0.3 is 4.74 Å². The van der Waals surface area contributed by atoms with Gasteiger partial charge >= 0.3 is 5.97 Å². The zero-order valence-corrected chi connectivity index (χ0v) is 19.0. The maximum atomic E-state index is 11.2. The Morgan fingerprint density at radius 3 is 1.33 bits per heavy atom. The van der Waals surface area contributed by atoms with Crippen molar-refractivity contribution >= 4 is 5.97 Å². The third-order valence-corrected chi connectivity index (χ3v) is 5.15. The summed E-state index contributed by atoms with van der Waals surface area (Å²) in [6.07, 6.45) is 21.7. The van der Waals surface area contributed by atoms with Gasteiger partial charge in [-0.15, -0.1) is 0 Å². The Morgan fingerprint density at radius 2 is 1.00 bits per heavy atom. The predicted octanol–water partition coefficient (Wildman–Crippen LogP) is 8.39. The SMILES string of the molecule is C=C(C)C(=O)OCCCCCCCCCCCCCCCCCC(C)(C)C. The topological polar surface area (TPSA) is 26.3 Å². The first-order chi connectivity index (χ1) is 12.8. The minimum Gasteiger partial charge on any atom is -0.462 e. The molecule has 0 spiro atoms. The average molecular weight is 381 g/mol. The molecule has 0 fully saturated rings. The summed E-state index contributed by atoms with van der Waals surface area (Å²) in [6, 6.07) is 0. The van der Waals surface area contributed by atoms with Crippen molar-refractivity contribution in [2.75, 3.05) is 6.61 Å². The van der Waals surface area contributed by atoms with Gasteiger partial charge in [0.1, 0.15) is 0 Å². The van der Waals surface area contributed by atoms with Gasteiger partial charge in [0.2, 0.25) is 0 Å². The molecule has 0 aliphatic rings. The Bertz CT molecular complexity index is 365. The molecule has 160 valence electrons. The van der Waals surface area contributed by atoms with Gasteiger partial charge in [-0.3, -0.25) is 0 Å². The number of esters is 1. The summed E-state index contributed by atoms with van der Waals surface area (Å²) >= 11 is 0. The predicted molar refractivity (Wildman–Crippen MR) is 119 cm³/mol. The van der Waals surface area contributed by atoms with E-state index in [9.17, 15) is 4.79 Å². The van der Waals surface area contributed by atoms with Crippen molar-refractivity contribution in [1.82, 2.24) is 0 Å². The molecule has 0 saturated heterocycles. The fraction of sp³-hybridized carbons (Fsp3) is 0.880. The van der Waals surface area contributed by atoms with Gasteiger partial charge in [-0.25, -0.2) is 4.79 Å². The lowest BCUT2D eigenvalue weighted by Crippen LogP contribution is -2.05. The first-order valence-corrected chi connectivity index (χ1v) is 11.7. The van der Waals surface area contributed by atoms with E-state index >= 15 is 0 Å². The first kappa shape index (κ1) is 26.2. The molecule has 0 aromatic carbocycles. The van der Waals surface area contributed by atoms with Crippen molar-refractivity contribution in [2.45, 2.75) is 130 Å². The molecule has 2 nitrogen and oxygen atoms in total. The average Bonchev–Trinajstić information content (AvgIpc) is 2.59. The van der Waals surface area contributed by atoms with Crippen molar-refractivity contribution in [3.63, 3.8) is 0 Å². The van der Waals surface area contributed by atoms with Gasteiger partial charge in [-0.05, 0) is 25.2 Å². The van der Waals surface area contributed by atoms with Crippen LogP contribution in [-0.4, -0.2) is 12.6 Å². The Balaban J connectivity index is 3.11. The molecule has 0 atom stereocenters. The van der Waals surface area contributed by atoms with Gasteiger partial charge in [0.25, 0.3) is 0 Å². The highest BCUT2D eigenvalue weighted by Gasteiger charge is 2.08. The van der Waals surface area contributed by atoms with E-state index in [1.165, 1.54) is 96.3 Å². The number of ether oxygens (including phenoxy) is 1. The van der Waals surface area contributed by atoms with E-state index in [1.807, 2.05) is 0 Å². The molecule has 0 aromatic heterocycles. The normalized spacial score (nSPS) is 11.6. The lowest BCUT2D eigenvalue weighted by Gasteiger charge is -2.17. The minimum atomic E-state index is -0.254. The number of rotatable bonds is 18.